The second-order valence-electron chi connectivity index (χ2n) is 31.0. The van der Waals surface area contributed by atoms with E-state index in [4.69, 9.17) is 19.9 Å². The first-order chi connectivity index (χ1) is 50.1. The van der Waals surface area contributed by atoms with Gasteiger partial charge in [-0.15, -0.1) is 0 Å². The van der Waals surface area contributed by atoms with Crippen molar-refractivity contribution in [2.75, 3.05) is 58.9 Å². The summed E-state index contributed by atoms with van der Waals surface area (Å²) in [4.78, 5) is 37.5. The molecule has 2 aliphatic carbocycles. The molecule has 0 radical (unpaired) electrons. The van der Waals surface area contributed by atoms with Gasteiger partial charge in [0.2, 0.25) is 0 Å². The summed E-state index contributed by atoms with van der Waals surface area (Å²) in [5.74, 6) is 5.88. The molecule has 0 bridgehead atoms. The molecule has 0 spiro atoms. The van der Waals surface area contributed by atoms with E-state index in [2.05, 4.69) is 279 Å². The summed E-state index contributed by atoms with van der Waals surface area (Å²) in [6.45, 7) is 32.9. The van der Waals surface area contributed by atoms with Crippen LogP contribution in [0.1, 0.15) is 112 Å². The topological polar surface area (TPSA) is 113 Å². The van der Waals surface area contributed by atoms with Crippen LogP contribution in [0.15, 0.2) is 182 Å². The summed E-state index contributed by atoms with van der Waals surface area (Å²) in [5, 5.41) is 0. The molecule has 19 rings (SSSR count). The number of imidazole rings is 5. The van der Waals surface area contributed by atoms with E-state index in [0.717, 1.165) is 145 Å². The average molecular weight is 1380 g/mol. The standard InChI is InChI=1S/C24H23N5.C22H25N3.C22H27N3.C21H25N3.CH4/c1-2-17-4-5-19(12-18(17)3-1)20-6-7-23-22(13-20)27-24-8-9-28(10-11-29(23)24)15-21-14-25-16-26-21;1-16-2-6-18(7-3-16)19-8-9-21-20(14-19)23-22-10-11-24(12-13-25(21)22)15-17-4-5-17;1-16-5-7-17(8-6-16)18-9-10-20-19(15-18)23-21-11-12-24(22(2,3)4)13-14-25(20)21;1-15(2)23-11-10-21-22-19-14-18(17-6-4-16(3)5-7-17)8-9-20(19)24(21)13-12-23;/h1,3-7,12-14,16H,2,8-11,15H2,(H,25,26);2-3,6-9,14,17H,4-5,10-13,15H2,1H3;5-10,15H,11-14H2,1-4H3;4-9,14-15H,10-13H2,1-3H3;1H4. The van der Waals surface area contributed by atoms with E-state index in [-0.39, 0.29) is 13.0 Å². The molecule has 0 unspecified atom stereocenters. The van der Waals surface area contributed by atoms with E-state index in [1.807, 2.05) is 6.20 Å². The Kier molecular flexibility index (Phi) is 20.4. The van der Waals surface area contributed by atoms with Crippen molar-refractivity contribution in [2.45, 2.75) is 152 Å². The van der Waals surface area contributed by atoms with Gasteiger partial charge in [0.05, 0.1) is 50.5 Å². The Morgan fingerprint density at radius 3 is 1.29 bits per heavy atom. The minimum Gasteiger partial charge on any atom is -0.347 e. The van der Waals surface area contributed by atoms with Crippen molar-refractivity contribution < 1.29 is 0 Å². The summed E-state index contributed by atoms with van der Waals surface area (Å²) >= 11 is 0. The number of rotatable bonds is 9. The van der Waals surface area contributed by atoms with Gasteiger partial charge in [0.1, 0.15) is 23.3 Å². The molecule has 534 valence electrons. The molecule has 14 heteroatoms. The Morgan fingerprint density at radius 1 is 0.433 bits per heavy atom. The highest BCUT2D eigenvalue weighted by atomic mass is 15.2. The molecule has 9 heterocycles. The molecule has 5 aromatic heterocycles. The van der Waals surface area contributed by atoms with Crippen LogP contribution in [0.2, 0.25) is 0 Å². The van der Waals surface area contributed by atoms with E-state index in [1.54, 1.807) is 6.33 Å². The van der Waals surface area contributed by atoms with E-state index in [9.17, 15) is 0 Å². The zero-order valence-corrected chi connectivity index (χ0v) is 61.7. The Morgan fingerprint density at radius 2 is 0.837 bits per heavy atom. The second-order valence-corrected chi connectivity index (χ2v) is 31.0. The molecule has 104 heavy (non-hydrogen) atoms. The van der Waals surface area contributed by atoms with Crippen LogP contribution in [0.5, 0.6) is 0 Å². The largest absolute Gasteiger partial charge is 0.347 e. The van der Waals surface area contributed by atoms with Crippen molar-refractivity contribution in [1.82, 2.24) is 67.8 Å². The number of allylic oxidation sites excluding steroid dienone is 1. The van der Waals surface area contributed by atoms with Crippen molar-refractivity contribution in [3.8, 4) is 44.5 Å². The monoisotopic (exact) mass is 1380 g/mol. The number of aromatic nitrogens is 10. The van der Waals surface area contributed by atoms with E-state index in [0.29, 0.717) is 6.04 Å². The molecule has 13 aromatic rings. The number of nitrogens with one attached hydrogen (secondary N) is 1. The zero-order valence-electron chi connectivity index (χ0n) is 61.7. The van der Waals surface area contributed by atoms with Crippen LogP contribution in [0.4, 0.5) is 0 Å². The van der Waals surface area contributed by atoms with Gasteiger partial charge in [0.25, 0.3) is 0 Å². The minimum atomic E-state index is 0. The molecule has 6 aliphatic rings. The lowest BCUT2D eigenvalue weighted by molar-refractivity contribution is 0.140. The molecule has 1 saturated carbocycles. The fraction of sp³-hybridized carbons (Fsp3) is 0.367. The lowest BCUT2D eigenvalue weighted by Gasteiger charge is -2.34. The predicted octanol–water partition coefficient (Wildman–Crippen LogP) is 17.9. The highest BCUT2D eigenvalue weighted by Gasteiger charge is 2.29. The maximum atomic E-state index is 5.01. The Hall–Kier alpha value is -9.57. The predicted molar refractivity (Wildman–Crippen MR) is 430 cm³/mol. The first-order valence-electron chi connectivity index (χ1n) is 38.0. The van der Waals surface area contributed by atoms with Gasteiger partial charge in [-0.05, 0) is 191 Å². The minimum absolute atomic E-state index is 0. The number of H-pyrrole nitrogens is 1. The summed E-state index contributed by atoms with van der Waals surface area (Å²) in [7, 11) is 0. The fourth-order valence-electron chi connectivity index (χ4n) is 16.0. The summed E-state index contributed by atoms with van der Waals surface area (Å²) in [6, 6.07) is 60.5. The van der Waals surface area contributed by atoms with Crippen molar-refractivity contribution >= 4 is 50.2 Å². The molecule has 0 atom stereocenters. The third-order valence-corrected chi connectivity index (χ3v) is 22.4. The average Bonchev–Trinajstić information content (AvgIpc) is 1.64. The molecule has 1 N–H and O–H groups in total. The first-order valence-corrected chi connectivity index (χ1v) is 38.0. The molecular weight excluding hydrogens is 1280 g/mol. The normalized spacial score (nSPS) is 16.4. The number of aromatic amines is 1. The lowest BCUT2D eigenvalue weighted by atomic mass is 10.00. The maximum Gasteiger partial charge on any atom is 0.111 e. The van der Waals surface area contributed by atoms with Gasteiger partial charge in [0, 0.05) is 141 Å². The van der Waals surface area contributed by atoms with Crippen molar-refractivity contribution in [3.05, 3.63) is 239 Å². The Bertz CT molecular complexity index is 5170. The molecular formula is C90H104N14. The summed E-state index contributed by atoms with van der Waals surface area (Å²) in [5.41, 5.74) is 27.7. The number of nitrogens with zero attached hydrogens (tertiary/aromatic N) is 13. The van der Waals surface area contributed by atoms with Crippen molar-refractivity contribution in [2.24, 2.45) is 5.92 Å². The van der Waals surface area contributed by atoms with Gasteiger partial charge in [0.15, 0.2) is 0 Å². The fourth-order valence-corrected chi connectivity index (χ4v) is 16.0. The van der Waals surface area contributed by atoms with Crippen molar-refractivity contribution in [1.29, 1.82) is 0 Å². The lowest BCUT2D eigenvalue weighted by Crippen LogP contribution is -2.43. The van der Waals surface area contributed by atoms with E-state index in [1.165, 1.54) is 143 Å². The van der Waals surface area contributed by atoms with E-state index < -0.39 is 0 Å². The Balaban J connectivity index is 0.000000112. The number of benzene rings is 8. The summed E-state index contributed by atoms with van der Waals surface area (Å²) in [6.07, 6.45) is 16.2. The van der Waals surface area contributed by atoms with Crippen LogP contribution in [-0.4, -0.2) is 138 Å². The molecule has 8 aromatic carbocycles. The van der Waals surface area contributed by atoms with Gasteiger partial charge < -0.3 is 28.2 Å². The van der Waals surface area contributed by atoms with Gasteiger partial charge in [-0.2, -0.15) is 0 Å². The smallest absolute Gasteiger partial charge is 0.111 e. The molecule has 0 saturated heterocycles. The quantitative estimate of drug-likeness (QED) is 0.151. The highest BCUT2D eigenvalue weighted by molar-refractivity contribution is 5.86. The summed E-state index contributed by atoms with van der Waals surface area (Å²) < 4.78 is 9.68. The van der Waals surface area contributed by atoms with Gasteiger partial charge >= 0.3 is 0 Å². The molecule has 4 aliphatic heterocycles. The maximum absolute atomic E-state index is 5.01. The number of fused-ring (bicyclic) bond motifs is 13. The second kappa shape index (κ2) is 30.3. The van der Waals surface area contributed by atoms with Crippen LogP contribution in [0.25, 0.3) is 94.7 Å². The third-order valence-electron chi connectivity index (χ3n) is 22.4. The van der Waals surface area contributed by atoms with E-state index >= 15 is 0 Å². The molecule has 1 fully saturated rings. The number of hydrogen-bond acceptors (Lipinski definition) is 9. The molecule has 0 amide bonds. The van der Waals surface area contributed by atoms with Crippen LogP contribution in [0, 0.1) is 26.7 Å². The van der Waals surface area contributed by atoms with Crippen LogP contribution in [-0.2, 0) is 64.8 Å². The number of aryl methyl sites for hydroxylation is 3. The van der Waals surface area contributed by atoms with Gasteiger partial charge in [-0.1, -0.05) is 145 Å². The van der Waals surface area contributed by atoms with Crippen LogP contribution >= 0.6 is 0 Å². The first kappa shape index (κ1) is 70.1. The highest BCUT2D eigenvalue weighted by Crippen LogP contribution is 2.35. The number of hydrogen-bond donors (Lipinski definition) is 1. The van der Waals surface area contributed by atoms with Gasteiger partial charge in [-0.3, -0.25) is 14.7 Å². The van der Waals surface area contributed by atoms with Crippen LogP contribution < -0.4 is 0 Å². The third kappa shape index (κ3) is 15.5. The SMILES string of the molecule is C.C1=Cc2cc(-c3ccc4c(c3)nc3n4CCN(Cc4cnc[nH]4)CC3)ccc2C1.Cc1ccc(-c2ccc3c(c2)nc2n3CCN(C(C)(C)C)CC2)cc1.Cc1ccc(-c2ccc3c(c2)nc2n3CCN(C(C)C)CC2)cc1.Cc1ccc(-c2ccc3c(c2)nc2n3CCN(CC3CC3)CC2)cc1. The van der Waals surface area contributed by atoms with Crippen molar-refractivity contribution in [3.63, 3.8) is 0 Å². The molecule has 14 nitrogen and oxygen atoms in total. The van der Waals surface area contributed by atoms with Gasteiger partial charge in [-0.25, -0.2) is 24.9 Å². The van der Waals surface area contributed by atoms with Crippen LogP contribution in [0.3, 0.4) is 0 Å². The Labute approximate surface area is 615 Å². The zero-order chi connectivity index (χ0) is 70.3.